The van der Waals surface area contributed by atoms with Crippen LogP contribution >= 0.6 is 22.6 Å². The van der Waals surface area contributed by atoms with Crippen LogP contribution in [0.2, 0.25) is 0 Å². The van der Waals surface area contributed by atoms with Crippen molar-refractivity contribution in [2.24, 2.45) is 5.92 Å². The van der Waals surface area contributed by atoms with Gasteiger partial charge in [0, 0.05) is 3.92 Å². The topological polar surface area (TPSA) is 9.23 Å². The van der Waals surface area contributed by atoms with Gasteiger partial charge in [0.25, 0.3) is 0 Å². The molecule has 0 bridgehead atoms. The molecule has 16 heavy (non-hydrogen) atoms. The monoisotopic (exact) mass is 336 g/mol. The van der Waals surface area contributed by atoms with Crippen molar-refractivity contribution in [2.45, 2.75) is 80.8 Å². The van der Waals surface area contributed by atoms with Gasteiger partial charge in [0.1, 0.15) is 0 Å². The Balaban J connectivity index is 1.86. The molecule has 4 atom stereocenters. The fraction of sp³-hybridized carbons (Fsp3) is 1.00. The van der Waals surface area contributed by atoms with Crippen molar-refractivity contribution in [1.29, 1.82) is 0 Å². The number of hydrogen-bond donors (Lipinski definition) is 0. The van der Waals surface area contributed by atoms with Gasteiger partial charge in [-0.15, -0.1) is 0 Å². The van der Waals surface area contributed by atoms with Crippen LogP contribution in [0.1, 0.15) is 64.7 Å². The molecular weight excluding hydrogens is 311 g/mol. The van der Waals surface area contributed by atoms with E-state index in [-0.39, 0.29) is 0 Å². The zero-order chi connectivity index (χ0) is 11.4. The predicted octanol–water partition coefficient (Wildman–Crippen LogP) is 4.72. The Morgan fingerprint density at radius 3 is 2.25 bits per heavy atom. The average Bonchev–Trinajstić information content (AvgIpc) is 2.48. The van der Waals surface area contributed by atoms with Crippen LogP contribution in [-0.4, -0.2) is 16.1 Å². The summed E-state index contributed by atoms with van der Waals surface area (Å²) in [5, 5.41) is 0. The fourth-order valence-electron chi connectivity index (χ4n) is 3.09. The standard InChI is InChI=1S/C14H25IO/c1-11-7-5-6-9-13(11)16-14-10-4-2-3-8-12(14)15/h11-14H,2-10H2,1H3. The van der Waals surface area contributed by atoms with Crippen LogP contribution in [0.25, 0.3) is 0 Å². The molecule has 0 amide bonds. The van der Waals surface area contributed by atoms with E-state index in [4.69, 9.17) is 4.74 Å². The molecule has 0 radical (unpaired) electrons. The first-order valence-electron chi connectivity index (χ1n) is 7.07. The van der Waals surface area contributed by atoms with Crippen molar-refractivity contribution in [3.05, 3.63) is 0 Å². The summed E-state index contributed by atoms with van der Waals surface area (Å²) in [6, 6.07) is 0. The summed E-state index contributed by atoms with van der Waals surface area (Å²) in [5.74, 6) is 0.792. The Morgan fingerprint density at radius 2 is 1.44 bits per heavy atom. The molecule has 2 heteroatoms. The van der Waals surface area contributed by atoms with E-state index in [1.54, 1.807) is 0 Å². The largest absolute Gasteiger partial charge is 0.374 e. The first kappa shape index (κ1) is 13.1. The van der Waals surface area contributed by atoms with Crippen LogP contribution < -0.4 is 0 Å². The third-order valence-corrected chi connectivity index (χ3v) is 5.68. The maximum absolute atomic E-state index is 6.43. The molecule has 2 fully saturated rings. The summed E-state index contributed by atoms with van der Waals surface area (Å²) in [6.45, 7) is 2.38. The second-order valence-corrected chi connectivity index (χ2v) is 7.23. The van der Waals surface area contributed by atoms with Gasteiger partial charge in [-0.3, -0.25) is 0 Å². The van der Waals surface area contributed by atoms with E-state index in [1.807, 2.05) is 0 Å². The molecule has 4 unspecified atom stereocenters. The molecule has 0 heterocycles. The third kappa shape index (κ3) is 3.59. The molecule has 0 aromatic heterocycles. The lowest BCUT2D eigenvalue weighted by molar-refractivity contribution is -0.0563. The van der Waals surface area contributed by atoms with Crippen molar-refractivity contribution in [1.82, 2.24) is 0 Å². The fourth-order valence-corrected chi connectivity index (χ4v) is 4.06. The highest BCUT2D eigenvalue weighted by atomic mass is 127. The molecule has 0 aromatic carbocycles. The maximum atomic E-state index is 6.43. The smallest absolute Gasteiger partial charge is 0.0696 e. The van der Waals surface area contributed by atoms with Crippen LogP contribution in [0.4, 0.5) is 0 Å². The first-order valence-corrected chi connectivity index (χ1v) is 8.31. The summed E-state index contributed by atoms with van der Waals surface area (Å²) < 4.78 is 7.19. The first-order chi connectivity index (χ1) is 7.77. The zero-order valence-electron chi connectivity index (χ0n) is 10.5. The van der Waals surface area contributed by atoms with E-state index < -0.39 is 0 Å². The number of halogens is 1. The van der Waals surface area contributed by atoms with E-state index in [0.717, 1.165) is 9.84 Å². The van der Waals surface area contributed by atoms with E-state index in [0.29, 0.717) is 12.2 Å². The number of ether oxygens (including phenoxy) is 1. The van der Waals surface area contributed by atoms with E-state index in [9.17, 15) is 0 Å². The normalized spacial score (nSPS) is 41.6. The maximum Gasteiger partial charge on any atom is 0.0696 e. The minimum atomic E-state index is 0.550. The summed E-state index contributed by atoms with van der Waals surface area (Å²) in [7, 11) is 0. The van der Waals surface area contributed by atoms with Crippen molar-refractivity contribution in [3.63, 3.8) is 0 Å². The van der Waals surface area contributed by atoms with Gasteiger partial charge in [0.05, 0.1) is 12.2 Å². The lowest BCUT2D eigenvalue weighted by Crippen LogP contribution is -2.34. The number of hydrogen-bond acceptors (Lipinski definition) is 1. The Morgan fingerprint density at radius 1 is 0.812 bits per heavy atom. The van der Waals surface area contributed by atoms with Crippen LogP contribution in [0, 0.1) is 5.92 Å². The molecule has 1 nitrogen and oxygen atoms in total. The summed E-state index contributed by atoms with van der Waals surface area (Å²) >= 11 is 2.62. The van der Waals surface area contributed by atoms with Gasteiger partial charge in [0.2, 0.25) is 0 Å². The summed E-state index contributed by atoms with van der Waals surface area (Å²) in [4.78, 5) is 0. The highest BCUT2D eigenvalue weighted by molar-refractivity contribution is 14.1. The minimum absolute atomic E-state index is 0.550. The van der Waals surface area contributed by atoms with E-state index in [1.165, 1.54) is 57.8 Å². The van der Waals surface area contributed by atoms with Gasteiger partial charge in [-0.05, 0) is 31.6 Å². The van der Waals surface area contributed by atoms with Gasteiger partial charge in [-0.2, -0.15) is 0 Å². The molecule has 2 saturated carbocycles. The number of rotatable bonds is 2. The quantitative estimate of drug-likeness (QED) is 0.403. The van der Waals surface area contributed by atoms with Crippen molar-refractivity contribution in [2.75, 3.05) is 0 Å². The lowest BCUT2D eigenvalue weighted by atomic mass is 9.87. The zero-order valence-corrected chi connectivity index (χ0v) is 12.6. The van der Waals surface area contributed by atoms with Gasteiger partial charge in [-0.25, -0.2) is 0 Å². The minimum Gasteiger partial charge on any atom is -0.374 e. The van der Waals surface area contributed by atoms with Crippen LogP contribution in [0.5, 0.6) is 0 Å². The Labute approximate surface area is 114 Å². The van der Waals surface area contributed by atoms with Gasteiger partial charge < -0.3 is 4.74 Å². The Bertz CT molecular complexity index is 207. The second kappa shape index (κ2) is 6.58. The van der Waals surface area contributed by atoms with Crippen LogP contribution in [0.15, 0.2) is 0 Å². The lowest BCUT2D eigenvalue weighted by Gasteiger charge is -2.33. The van der Waals surface area contributed by atoms with E-state index in [2.05, 4.69) is 29.5 Å². The molecule has 0 N–H and O–H groups in total. The second-order valence-electron chi connectivity index (χ2n) is 5.63. The highest BCUT2D eigenvalue weighted by Crippen LogP contribution is 2.32. The molecule has 0 saturated heterocycles. The molecule has 2 rings (SSSR count). The predicted molar refractivity (Wildman–Crippen MR) is 77.2 cm³/mol. The number of alkyl halides is 1. The Kier molecular flexibility index (Phi) is 5.40. The third-order valence-electron chi connectivity index (χ3n) is 4.25. The molecule has 2 aliphatic carbocycles. The van der Waals surface area contributed by atoms with Gasteiger partial charge in [0.15, 0.2) is 0 Å². The summed E-state index contributed by atoms with van der Waals surface area (Å²) in [6.07, 6.45) is 13.5. The van der Waals surface area contributed by atoms with Crippen molar-refractivity contribution < 1.29 is 4.74 Å². The molecule has 0 aliphatic heterocycles. The van der Waals surface area contributed by atoms with E-state index >= 15 is 0 Å². The highest BCUT2D eigenvalue weighted by Gasteiger charge is 2.29. The average molecular weight is 336 g/mol. The van der Waals surface area contributed by atoms with Gasteiger partial charge >= 0.3 is 0 Å². The van der Waals surface area contributed by atoms with Crippen molar-refractivity contribution in [3.8, 4) is 0 Å². The van der Waals surface area contributed by atoms with Crippen LogP contribution in [0.3, 0.4) is 0 Å². The molecule has 0 spiro atoms. The summed E-state index contributed by atoms with van der Waals surface area (Å²) in [5.41, 5.74) is 0. The van der Waals surface area contributed by atoms with Crippen molar-refractivity contribution >= 4 is 22.6 Å². The van der Waals surface area contributed by atoms with Gasteiger partial charge in [-0.1, -0.05) is 61.6 Å². The van der Waals surface area contributed by atoms with Crippen LogP contribution in [-0.2, 0) is 4.74 Å². The molecule has 94 valence electrons. The molecule has 2 aliphatic rings. The molecule has 0 aromatic rings. The SMILES string of the molecule is CC1CCCCC1OC1CCCCCC1I. The molecular formula is C14H25IO. The Hall–Kier alpha value is 0.690.